The summed E-state index contributed by atoms with van der Waals surface area (Å²) in [6.45, 7) is 1.04. The van der Waals surface area contributed by atoms with Crippen molar-refractivity contribution in [2.24, 2.45) is 4.99 Å². The van der Waals surface area contributed by atoms with E-state index in [4.69, 9.17) is 4.74 Å². The highest BCUT2D eigenvalue weighted by Gasteiger charge is 2.15. The first-order valence-corrected chi connectivity index (χ1v) is 13.3. The van der Waals surface area contributed by atoms with Gasteiger partial charge in [0.05, 0.1) is 27.5 Å². The number of carbonyl (C=O) groups excluding carboxylic acids is 1. The lowest BCUT2D eigenvalue weighted by Gasteiger charge is -2.05. The largest absolute Gasteiger partial charge is 0.383 e. The zero-order valence-electron chi connectivity index (χ0n) is 17.2. The first kappa shape index (κ1) is 23.6. The molecule has 1 amide bonds. The molecule has 31 heavy (non-hydrogen) atoms. The molecule has 0 aliphatic heterocycles. The predicted molar refractivity (Wildman–Crippen MR) is 122 cm³/mol. The Bertz CT molecular complexity index is 1230. The molecule has 0 saturated heterocycles. The normalized spacial score (nSPS) is 12.5. The van der Waals surface area contributed by atoms with Gasteiger partial charge in [0.25, 0.3) is 0 Å². The number of amides is 1. The summed E-state index contributed by atoms with van der Waals surface area (Å²) in [7, 11) is -1.96. The lowest BCUT2D eigenvalue weighted by atomic mass is 10.3. The number of carbonyl (C=O) groups is 1. The molecule has 0 saturated carbocycles. The van der Waals surface area contributed by atoms with E-state index in [0.717, 1.165) is 27.2 Å². The number of thiazole rings is 1. The van der Waals surface area contributed by atoms with Crippen LogP contribution in [0.25, 0.3) is 10.2 Å². The first-order chi connectivity index (χ1) is 14.8. The zero-order valence-corrected chi connectivity index (χ0v) is 19.7. The fourth-order valence-electron chi connectivity index (χ4n) is 3.00. The Morgan fingerprint density at radius 1 is 1.23 bits per heavy atom. The minimum atomic E-state index is -3.58. The van der Waals surface area contributed by atoms with Gasteiger partial charge in [-0.3, -0.25) is 4.79 Å². The second kappa shape index (κ2) is 10.5. The van der Waals surface area contributed by atoms with Gasteiger partial charge in [-0.15, -0.1) is 11.8 Å². The van der Waals surface area contributed by atoms with Crippen molar-refractivity contribution in [3.8, 4) is 0 Å². The molecule has 1 heterocycles. The summed E-state index contributed by atoms with van der Waals surface area (Å²) in [6, 6.07) is 10.8. The summed E-state index contributed by atoms with van der Waals surface area (Å²) in [6.07, 6.45) is 2.15. The van der Waals surface area contributed by atoms with E-state index in [9.17, 15) is 17.6 Å². The van der Waals surface area contributed by atoms with Gasteiger partial charge in [-0.05, 0) is 55.1 Å². The van der Waals surface area contributed by atoms with Gasteiger partial charge in [0.2, 0.25) is 5.91 Å². The maximum Gasteiger partial charge on any atom is 0.248 e. The van der Waals surface area contributed by atoms with Crippen molar-refractivity contribution in [3.63, 3.8) is 0 Å². The summed E-state index contributed by atoms with van der Waals surface area (Å²) >= 11 is 3.06. The van der Waals surface area contributed by atoms with Crippen LogP contribution in [0.2, 0.25) is 0 Å². The molecule has 0 spiro atoms. The second-order valence-corrected chi connectivity index (χ2v) is 10.7. The third kappa shape index (κ3) is 6.03. The Morgan fingerprint density at radius 2 is 1.97 bits per heavy atom. The SMILES string of the molecule is COCCn1c(=NC(=O)CCCS(=O)(=O)c2ccc(F)cc2)sc2cc(SC)ccc21. The molecular formula is C21H23FN2O4S3. The lowest BCUT2D eigenvalue weighted by molar-refractivity contribution is -0.118. The van der Waals surface area contributed by atoms with Crippen molar-refractivity contribution in [2.45, 2.75) is 29.2 Å². The first-order valence-electron chi connectivity index (χ1n) is 9.56. The summed E-state index contributed by atoms with van der Waals surface area (Å²) in [4.78, 5) is 18.4. The molecule has 0 unspecified atom stereocenters. The van der Waals surface area contributed by atoms with Crippen LogP contribution in [0.5, 0.6) is 0 Å². The van der Waals surface area contributed by atoms with Crippen LogP contribution >= 0.6 is 23.1 Å². The average molecular weight is 483 g/mol. The smallest absolute Gasteiger partial charge is 0.248 e. The third-order valence-corrected chi connectivity index (χ3v) is 8.19. The van der Waals surface area contributed by atoms with E-state index in [-0.39, 0.29) is 29.4 Å². The van der Waals surface area contributed by atoms with Crippen molar-refractivity contribution in [1.82, 2.24) is 4.57 Å². The van der Waals surface area contributed by atoms with Gasteiger partial charge in [0, 0.05) is 25.0 Å². The summed E-state index contributed by atoms with van der Waals surface area (Å²) in [5, 5.41) is 0. The fourth-order valence-corrected chi connectivity index (χ4v) is 5.94. The van der Waals surface area contributed by atoms with Gasteiger partial charge in [0.15, 0.2) is 14.6 Å². The number of hydrogen-bond acceptors (Lipinski definition) is 6. The fraction of sp³-hybridized carbons (Fsp3) is 0.333. The van der Waals surface area contributed by atoms with Crippen LogP contribution in [0, 0.1) is 5.82 Å². The Labute approximate surface area is 188 Å². The van der Waals surface area contributed by atoms with Crippen LogP contribution < -0.4 is 4.80 Å². The average Bonchev–Trinajstić information content (AvgIpc) is 3.08. The Kier molecular flexibility index (Phi) is 8.04. The van der Waals surface area contributed by atoms with Gasteiger partial charge in [-0.1, -0.05) is 11.3 Å². The number of aromatic nitrogens is 1. The number of hydrogen-bond donors (Lipinski definition) is 0. The number of methoxy groups -OCH3 is 1. The molecule has 0 aliphatic rings. The molecule has 3 rings (SSSR count). The number of nitrogens with zero attached hydrogens (tertiary/aromatic N) is 2. The molecule has 3 aromatic rings. The van der Waals surface area contributed by atoms with Crippen molar-refractivity contribution < 1.29 is 22.3 Å². The number of sulfone groups is 1. The number of ether oxygens (including phenoxy) is 1. The van der Waals surface area contributed by atoms with E-state index < -0.39 is 15.7 Å². The van der Waals surface area contributed by atoms with Crippen molar-refractivity contribution >= 4 is 49.1 Å². The van der Waals surface area contributed by atoms with Crippen molar-refractivity contribution in [2.75, 3.05) is 25.7 Å². The number of halogens is 1. The molecule has 166 valence electrons. The molecule has 2 aromatic carbocycles. The van der Waals surface area contributed by atoms with Gasteiger partial charge in [-0.2, -0.15) is 4.99 Å². The summed E-state index contributed by atoms with van der Waals surface area (Å²) in [5.74, 6) is -1.08. The monoisotopic (exact) mass is 482 g/mol. The molecule has 0 radical (unpaired) electrons. The molecule has 6 nitrogen and oxygen atoms in total. The summed E-state index contributed by atoms with van der Waals surface area (Å²) < 4.78 is 45.9. The number of thioether (sulfide) groups is 1. The topological polar surface area (TPSA) is 77.7 Å². The van der Waals surface area contributed by atoms with Crippen molar-refractivity contribution in [3.05, 3.63) is 53.1 Å². The highest BCUT2D eigenvalue weighted by molar-refractivity contribution is 7.98. The van der Waals surface area contributed by atoms with Crippen LogP contribution in [0.3, 0.4) is 0 Å². The number of fused-ring (bicyclic) bond motifs is 1. The lowest BCUT2D eigenvalue weighted by Crippen LogP contribution is -2.19. The quantitative estimate of drug-likeness (QED) is 0.342. The molecule has 0 N–H and O–H groups in total. The third-order valence-electron chi connectivity index (χ3n) is 4.61. The van der Waals surface area contributed by atoms with Gasteiger partial charge < -0.3 is 9.30 Å². The van der Waals surface area contributed by atoms with Gasteiger partial charge in [-0.25, -0.2) is 12.8 Å². The minimum Gasteiger partial charge on any atom is -0.383 e. The zero-order chi connectivity index (χ0) is 22.4. The van der Waals surface area contributed by atoms with Crippen LogP contribution in [0.1, 0.15) is 12.8 Å². The van der Waals surface area contributed by atoms with Crippen LogP contribution in [0.15, 0.2) is 57.2 Å². The van der Waals surface area contributed by atoms with Crippen molar-refractivity contribution in [1.29, 1.82) is 0 Å². The maximum atomic E-state index is 13.0. The molecular weight excluding hydrogens is 459 g/mol. The number of benzene rings is 2. The van der Waals surface area contributed by atoms with E-state index in [1.165, 1.54) is 23.5 Å². The minimum absolute atomic E-state index is 0.00894. The van der Waals surface area contributed by atoms with E-state index in [1.54, 1.807) is 18.9 Å². The standard InChI is InChI=1S/C21H23FN2O4S3/c1-28-12-11-24-18-10-7-16(29-2)14-19(18)30-21(24)23-20(25)4-3-13-31(26,27)17-8-5-15(22)6-9-17/h5-10,14H,3-4,11-13H2,1-2H3. The Morgan fingerprint density at radius 3 is 2.65 bits per heavy atom. The van der Waals surface area contributed by atoms with Gasteiger partial charge >= 0.3 is 0 Å². The van der Waals surface area contributed by atoms with Crippen LogP contribution in [-0.4, -0.2) is 44.6 Å². The second-order valence-electron chi connectivity index (χ2n) is 6.74. The molecule has 0 atom stereocenters. The highest BCUT2D eigenvalue weighted by atomic mass is 32.2. The molecule has 0 fully saturated rings. The van der Waals surface area contributed by atoms with Crippen LogP contribution in [0.4, 0.5) is 4.39 Å². The van der Waals surface area contributed by atoms with Crippen LogP contribution in [-0.2, 0) is 25.9 Å². The number of rotatable bonds is 9. The van der Waals surface area contributed by atoms with E-state index in [1.807, 2.05) is 23.0 Å². The Hall–Kier alpha value is -2.01. The van der Waals surface area contributed by atoms with E-state index >= 15 is 0 Å². The predicted octanol–water partition coefficient (Wildman–Crippen LogP) is 3.89. The van der Waals surface area contributed by atoms with E-state index in [0.29, 0.717) is 18.0 Å². The molecule has 10 heteroatoms. The Balaban J connectivity index is 1.76. The molecule has 0 aliphatic carbocycles. The highest BCUT2D eigenvalue weighted by Crippen LogP contribution is 2.24. The molecule has 0 bridgehead atoms. The van der Waals surface area contributed by atoms with Gasteiger partial charge in [0.1, 0.15) is 5.82 Å². The summed E-state index contributed by atoms with van der Waals surface area (Å²) in [5.41, 5.74) is 0.977. The maximum absolute atomic E-state index is 13.0. The molecule has 1 aromatic heterocycles. The van der Waals surface area contributed by atoms with E-state index in [2.05, 4.69) is 11.1 Å².